The minimum Gasteiger partial charge on any atom is -0.336 e. The largest absolute Gasteiger partial charge is 0.336 e. The lowest BCUT2D eigenvalue weighted by atomic mass is 10.1. The van der Waals surface area contributed by atoms with Gasteiger partial charge in [-0.05, 0) is 37.6 Å². The third-order valence-electron chi connectivity index (χ3n) is 4.03. The van der Waals surface area contributed by atoms with Crippen molar-refractivity contribution in [2.45, 2.75) is 18.9 Å². The van der Waals surface area contributed by atoms with E-state index in [4.69, 9.17) is 11.6 Å². The average molecular weight is 283 g/mol. The molecule has 1 aromatic rings. The maximum Gasteiger partial charge on any atom is 0.256 e. The molecule has 0 saturated carbocycles. The van der Waals surface area contributed by atoms with E-state index in [-0.39, 0.29) is 11.5 Å². The molecule has 2 aliphatic heterocycles. The summed E-state index contributed by atoms with van der Waals surface area (Å²) in [5.41, 5.74) is 0.0824. The van der Waals surface area contributed by atoms with E-state index >= 15 is 0 Å². The first-order chi connectivity index (χ1) is 9.15. The van der Waals surface area contributed by atoms with Gasteiger partial charge in [0.25, 0.3) is 5.91 Å². The molecule has 102 valence electrons. The molecule has 0 N–H and O–H groups in total. The van der Waals surface area contributed by atoms with Gasteiger partial charge in [0.2, 0.25) is 0 Å². The van der Waals surface area contributed by atoms with E-state index < -0.39 is 5.82 Å². The Labute approximate surface area is 116 Å². The second kappa shape index (κ2) is 5.10. The molecule has 1 aromatic carbocycles. The van der Waals surface area contributed by atoms with Crippen molar-refractivity contribution in [1.82, 2.24) is 9.80 Å². The molecule has 0 radical (unpaired) electrons. The van der Waals surface area contributed by atoms with Gasteiger partial charge in [-0.3, -0.25) is 9.69 Å². The lowest BCUT2D eigenvalue weighted by Crippen LogP contribution is -2.52. The van der Waals surface area contributed by atoms with Crippen molar-refractivity contribution in [3.63, 3.8) is 0 Å². The topological polar surface area (TPSA) is 23.6 Å². The fourth-order valence-electron chi connectivity index (χ4n) is 3.01. The summed E-state index contributed by atoms with van der Waals surface area (Å²) < 4.78 is 13.7. The second-order valence-corrected chi connectivity index (χ2v) is 5.64. The summed E-state index contributed by atoms with van der Waals surface area (Å²) in [6.45, 7) is 3.38. The van der Waals surface area contributed by atoms with Crippen LogP contribution in [0.2, 0.25) is 5.02 Å². The van der Waals surface area contributed by atoms with Crippen LogP contribution in [0.15, 0.2) is 18.2 Å². The smallest absolute Gasteiger partial charge is 0.256 e. The highest BCUT2D eigenvalue weighted by atomic mass is 35.5. The van der Waals surface area contributed by atoms with Crippen molar-refractivity contribution >= 4 is 17.5 Å². The van der Waals surface area contributed by atoms with E-state index in [0.29, 0.717) is 24.2 Å². The van der Waals surface area contributed by atoms with Crippen LogP contribution in [0, 0.1) is 5.82 Å². The number of hydrogen-bond donors (Lipinski definition) is 0. The summed E-state index contributed by atoms with van der Waals surface area (Å²) >= 11 is 5.84. The zero-order chi connectivity index (χ0) is 13.4. The fraction of sp³-hybridized carbons (Fsp3) is 0.500. The molecule has 1 unspecified atom stereocenters. The molecule has 2 fully saturated rings. The molecule has 5 heteroatoms. The number of benzene rings is 1. The van der Waals surface area contributed by atoms with Crippen LogP contribution in [0.5, 0.6) is 0 Å². The van der Waals surface area contributed by atoms with Crippen molar-refractivity contribution in [2.75, 3.05) is 26.2 Å². The first kappa shape index (κ1) is 12.9. The summed E-state index contributed by atoms with van der Waals surface area (Å²) in [5.74, 6) is -0.741. The summed E-state index contributed by atoms with van der Waals surface area (Å²) in [6.07, 6.45) is 2.32. The number of carbonyl (C=O) groups is 1. The third-order valence-corrected chi connectivity index (χ3v) is 4.27. The van der Waals surface area contributed by atoms with E-state index in [9.17, 15) is 9.18 Å². The van der Waals surface area contributed by atoms with Gasteiger partial charge in [0, 0.05) is 30.7 Å². The van der Waals surface area contributed by atoms with Gasteiger partial charge in [-0.25, -0.2) is 4.39 Å². The van der Waals surface area contributed by atoms with E-state index in [1.807, 2.05) is 0 Å². The number of carbonyl (C=O) groups excluding carboxylic acids is 1. The Balaban J connectivity index is 1.78. The number of hydrogen-bond acceptors (Lipinski definition) is 2. The summed E-state index contributed by atoms with van der Waals surface area (Å²) in [7, 11) is 0. The zero-order valence-electron chi connectivity index (χ0n) is 10.6. The molecule has 19 heavy (non-hydrogen) atoms. The first-order valence-electron chi connectivity index (χ1n) is 6.63. The normalized spacial score (nSPS) is 23.5. The van der Waals surface area contributed by atoms with E-state index in [0.717, 1.165) is 19.5 Å². The zero-order valence-corrected chi connectivity index (χ0v) is 11.4. The van der Waals surface area contributed by atoms with Crippen LogP contribution in [-0.4, -0.2) is 47.9 Å². The highest BCUT2D eigenvalue weighted by molar-refractivity contribution is 6.31. The lowest BCUT2D eigenvalue weighted by Gasteiger charge is -2.37. The second-order valence-electron chi connectivity index (χ2n) is 5.21. The van der Waals surface area contributed by atoms with Gasteiger partial charge in [0.05, 0.1) is 5.56 Å². The number of amides is 1. The number of rotatable bonds is 1. The predicted octanol–water partition coefficient (Wildman–Crippen LogP) is 2.40. The molecular formula is C14H16ClFN2O. The van der Waals surface area contributed by atoms with Gasteiger partial charge in [0.1, 0.15) is 5.82 Å². The maximum absolute atomic E-state index is 13.7. The van der Waals surface area contributed by atoms with Crippen molar-refractivity contribution in [3.05, 3.63) is 34.6 Å². The standard InChI is InChI=1S/C14H16ClFN2O/c15-10-3-4-13(16)12(8-10)14(19)18-7-6-17-5-1-2-11(17)9-18/h3-4,8,11H,1-2,5-7,9H2. The quantitative estimate of drug-likeness (QED) is 0.790. The highest BCUT2D eigenvalue weighted by Crippen LogP contribution is 2.24. The number of halogens is 2. The van der Waals surface area contributed by atoms with Crippen LogP contribution >= 0.6 is 11.6 Å². The van der Waals surface area contributed by atoms with Crippen LogP contribution in [-0.2, 0) is 0 Å². The van der Waals surface area contributed by atoms with Crippen LogP contribution in [0.1, 0.15) is 23.2 Å². The van der Waals surface area contributed by atoms with E-state index in [1.54, 1.807) is 4.90 Å². The highest BCUT2D eigenvalue weighted by Gasteiger charge is 2.33. The molecule has 1 atom stereocenters. The SMILES string of the molecule is O=C(c1cc(Cl)ccc1F)N1CCN2CCCC2C1. The molecule has 1 amide bonds. The van der Waals surface area contributed by atoms with Crippen molar-refractivity contribution in [3.8, 4) is 0 Å². The Morgan fingerprint density at radius 3 is 3.00 bits per heavy atom. The van der Waals surface area contributed by atoms with Crippen molar-refractivity contribution in [2.24, 2.45) is 0 Å². The van der Waals surface area contributed by atoms with Crippen molar-refractivity contribution < 1.29 is 9.18 Å². The lowest BCUT2D eigenvalue weighted by molar-refractivity contribution is 0.0567. The number of nitrogens with zero attached hydrogens (tertiary/aromatic N) is 2. The fourth-order valence-corrected chi connectivity index (χ4v) is 3.18. The van der Waals surface area contributed by atoms with Crippen LogP contribution in [0.25, 0.3) is 0 Å². The number of piperazine rings is 1. The van der Waals surface area contributed by atoms with Crippen molar-refractivity contribution in [1.29, 1.82) is 0 Å². The van der Waals surface area contributed by atoms with Gasteiger partial charge in [-0.2, -0.15) is 0 Å². The molecule has 2 aliphatic rings. The molecule has 0 aliphatic carbocycles. The predicted molar refractivity (Wildman–Crippen MR) is 71.9 cm³/mol. The molecule has 3 rings (SSSR count). The Bertz CT molecular complexity index is 508. The Hall–Kier alpha value is -1.13. The van der Waals surface area contributed by atoms with Gasteiger partial charge in [-0.15, -0.1) is 0 Å². The summed E-state index contributed by atoms with van der Waals surface area (Å²) in [6, 6.07) is 4.57. The summed E-state index contributed by atoms with van der Waals surface area (Å²) in [4.78, 5) is 16.5. The third kappa shape index (κ3) is 2.47. The van der Waals surface area contributed by atoms with Gasteiger partial charge in [-0.1, -0.05) is 11.6 Å². The molecule has 2 heterocycles. The van der Waals surface area contributed by atoms with Crippen LogP contribution < -0.4 is 0 Å². The molecular weight excluding hydrogens is 267 g/mol. The Kier molecular flexibility index (Phi) is 3.46. The Morgan fingerprint density at radius 1 is 1.32 bits per heavy atom. The molecule has 0 bridgehead atoms. The minimum absolute atomic E-state index is 0.0824. The Morgan fingerprint density at radius 2 is 2.16 bits per heavy atom. The molecule has 3 nitrogen and oxygen atoms in total. The first-order valence-corrected chi connectivity index (χ1v) is 7.01. The average Bonchev–Trinajstić information content (AvgIpc) is 2.88. The summed E-state index contributed by atoms with van der Waals surface area (Å²) in [5, 5.41) is 0.393. The van der Waals surface area contributed by atoms with E-state index in [1.165, 1.54) is 24.6 Å². The maximum atomic E-state index is 13.7. The molecule has 0 spiro atoms. The molecule has 2 saturated heterocycles. The number of fused-ring (bicyclic) bond motifs is 1. The van der Waals surface area contributed by atoms with Gasteiger partial charge < -0.3 is 4.90 Å². The van der Waals surface area contributed by atoms with E-state index in [2.05, 4.69) is 4.90 Å². The minimum atomic E-state index is -0.497. The van der Waals surface area contributed by atoms with Gasteiger partial charge >= 0.3 is 0 Å². The van der Waals surface area contributed by atoms with Crippen LogP contribution in [0.3, 0.4) is 0 Å². The van der Waals surface area contributed by atoms with Gasteiger partial charge in [0.15, 0.2) is 0 Å². The monoisotopic (exact) mass is 282 g/mol. The van der Waals surface area contributed by atoms with Crippen LogP contribution in [0.4, 0.5) is 4.39 Å². The molecule has 0 aromatic heterocycles.